The van der Waals surface area contributed by atoms with Gasteiger partial charge in [0.1, 0.15) is 12.1 Å². The number of nitrogens with zero attached hydrogens (tertiary/aromatic N) is 6. The molecule has 3 heterocycles. The molecule has 0 unspecified atom stereocenters. The lowest BCUT2D eigenvalue weighted by molar-refractivity contribution is 0.475. The van der Waals surface area contributed by atoms with Gasteiger partial charge in [-0.2, -0.15) is 5.10 Å². The van der Waals surface area contributed by atoms with Gasteiger partial charge in [0.05, 0.1) is 27.3 Å². The molecule has 0 fully saturated rings. The van der Waals surface area contributed by atoms with Crippen molar-refractivity contribution in [2.75, 3.05) is 0 Å². The maximum Gasteiger partial charge on any atom is 0.182 e. The maximum atomic E-state index is 9.68. The molecule has 0 saturated heterocycles. The Labute approximate surface area is 162 Å². The molecule has 132 valence electrons. The second kappa shape index (κ2) is 5.94. The summed E-state index contributed by atoms with van der Waals surface area (Å²) in [7, 11) is 0. The molecule has 1 N–H and O–H groups in total. The first-order chi connectivity index (χ1) is 13.1. The van der Waals surface area contributed by atoms with Gasteiger partial charge in [-0.3, -0.25) is 0 Å². The summed E-state index contributed by atoms with van der Waals surface area (Å²) in [5, 5.41) is 20.2. The molecule has 9 heteroatoms. The smallest absolute Gasteiger partial charge is 0.182 e. The molecule has 5 aromatic rings. The average molecular weight is 397 g/mol. The molecule has 0 spiro atoms. The van der Waals surface area contributed by atoms with Gasteiger partial charge in [0.15, 0.2) is 17.1 Å². The van der Waals surface area contributed by atoms with Crippen LogP contribution in [0.2, 0.25) is 10.0 Å². The largest absolute Gasteiger partial charge is 0.508 e. The summed E-state index contributed by atoms with van der Waals surface area (Å²) in [5.41, 5.74) is 2.69. The summed E-state index contributed by atoms with van der Waals surface area (Å²) in [4.78, 5) is 9.05. The number of aromatic hydroxyl groups is 1. The molecule has 0 amide bonds. The first-order valence-electron chi connectivity index (χ1n) is 7.94. The monoisotopic (exact) mass is 396 g/mol. The van der Waals surface area contributed by atoms with Crippen molar-refractivity contribution in [1.29, 1.82) is 0 Å². The van der Waals surface area contributed by atoms with Gasteiger partial charge in [-0.05, 0) is 30.3 Å². The summed E-state index contributed by atoms with van der Waals surface area (Å²) in [6, 6.07) is 12.0. The Bertz CT molecular complexity index is 1330. The van der Waals surface area contributed by atoms with Crippen LogP contribution in [0.1, 0.15) is 0 Å². The number of benzene rings is 2. The van der Waals surface area contributed by atoms with Crippen molar-refractivity contribution in [2.45, 2.75) is 0 Å². The third kappa shape index (κ3) is 2.59. The Kier molecular flexibility index (Phi) is 3.53. The van der Waals surface area contributed by atoms with Crippen LogP contribution in [-0.2, 0) is 0 Å². The van der Waals surface area contributed by atoms with Crippen LogP contribution >= 0.6 is 23.2 Å². The van der Waals surface area contributed by atoms with Gasteiger partial charge in [-0.15, -0.1) is 5.10 Å². The first-order valence-corrected chi connectivity index (χ1v) is 8.70. The van der Waals surface area contributed by atoms with Gasteiger partial charge in [0.2, 0.25) is 0 Å². The minimum absolute atomic E-state index is 0.155. The van der Waals surface area contributed by atoms with Crippen molar-refractivity contribution in [1.82, 2.24) is 29.4 Å². The molecule has 3 aromatic heterocycles. The fraction of sp³-hybridized carbons (Fsp3) is 0. The number of fused-ring (bicyclic) bond motifs is 3. The first kappa shape index (κ1) is 16.0. The quantitative estimate of drug-likeness (QED) is 0.484. The van der Waals surface area contributed by atoms with E-state index >= 15 is 0 Å². The van der Waals surface area contributed by atoms with Crippen molar-refractivity contribution >= 4 is 39.9 Å². The number of hydrogen-bond acceptors (Lipinski definition) is 5. The average Bonchev–Trinajstić information content (AvgIpc) is 3.27. The minimum Gasteiger partial charge on any atom is -0.508 e. The van der Waals surface area contributed by atoms with Crippen LogP contribution in [0, 0.1) is 0 Å². The third-order valence-corrected chi connectivity index (χ3v) is 4.90. The minimum atomic E-state index is 0.155. The zero-order valence-corrected chi connectivity index (χ0v) is 15.1. The second-order valence-corrected chi connectivity index (χ2v) is 6.70. The fourth-order valence-corrected chi connectivity index (χ4v) is 3.19. The molecule has 0 aliphatic heterocycles. The van der Waals surface area contributed by atoms with Crippen molar-refractivity contribution in [3.05, 3.63) is 65.0 Å². The number of halogens is 2. The van der Waals surface area contributed by atoms with Crippen LogP contribution in [0.3, 0.4) is 0 Å². The highest BCUT2D eigenvalue weighted by Gasteiger charge is 2.15. The van der Waals surface area contributed by atoms with Crippen LogP contribution in [-0.4, -0.2) is 34.5 Å². The van der Waals surface area contributed by atoms with Crippen molar-refractivity contribution < 1.29 is 5.11 Å². The molecule has 27 heavy (non-hydrogen) atoms. The van der Waals surface area contributed by atoms with E-state index in [0.717, 1.165) is 11.1 Å². The predicted octanol–water partition coefficient (Wildman–Crippen LogP) is 4.14. The van der Waals surface area contributed by atoms with Gasteiger partial charge in [-0.1, -0.05) is 35.3 Å². The van der Waals surface area contributed by atoms with Gasteiger partial charge in [0.25, 0.3) is 0 Å². The number of phenolic OH excluding ortho intramolecular Hbond substituents is 1. The summed E-state index contributed by atoms with van der Waals surface area (Å²) in [6.07, 6.45) is 3.26. The van der Waals surface area contributed by atoms with Gasteiger partial charge >= 0.3 is 0 Å². The lowest BCUT2D eigenvalue weighted by atomic mass is 10.2. The lowest BCUT2D eigenvalue weighted by Crippen LogP contribution is -1.99. The van der Waals surface area contributed by atoms with Crippen LogP contribution in [0.15, 0.2) is 55.0 Å². The van der Waals surface area contributed by atoms with E-state index in [0.29, 0.717) is 32.7 Å². The normalized spacial score (nSPS) is 11.5. The van der Waals surface area contributed by atoms with Crippen molar-refractivity contribution in [2.24, 2.45) is 0 Å². The van der Waals surface area contributed by atoms with Gasteiger partial charge < -0.3 is 5.11 Å². The summed E-state index contributed by atoms with van der Waals surface area (Å²) in [6.45, 7) is 0. The van der Waals surface area contributed by atoms with E-state index in [4.69, 9.17) is 23.2 Å². The molecule has 5 rings (SSSR count). The molecule has 0 saturated carbocycles. The van der Waals surface area contributed by atoms with Crippen molar-refractivity contribution in [3.63, 3.8) is 0 Å². The zero-order chi connectivity index (χ0) is 18.5. The molecule has 0 radical (unpaired) electrons. The zero-order valence-electron chi connectivity index (χ0n) is 13.6. The number of aromatic nitrogens is 6. The molecule has 2 aromatic carbocycles. The van der Waals surface area contributed by atoms with Crippen molar-refractivity contribution in [3.8, 4) is 22.8 Å². The molecule has 0 aliphatic carbocycles. The van der Waals surface area contributed by atoms with E-state index in [-0.39, 0.29) is 5.75 Å². The van der Waals surface area contributed by atoms with E-state index in [1.807, 2.05) is 12.1 Å². The highest BCUT2D eigenvalue weighted by atomic mass is 35.5. The molecule has 7 nitrogen and oxygen atoms in total. The fourth-order valence-electron chi connectivity index (χ4n) is 2.89. The Hall–Kier alpha value is -3.16. The molecule has 0 aliphatic rings. The van der Waals surface area contributed by atoms with E-state index < -0.39 is 0 Å². The summed E-state index contributed by atoms with van der Waals surface area (Å²) < 4.78 is 3.25. The molecular formula is C18H10Cl2N6O. The van der Waals surface area contributed by atoms with Gasteiger partial charge in [-0.25, -0.2) is 19.2 Å². The molecule has 0 atom stereocenters. The van der Waals surface area contributed by atoms with E-state index in [1.54, 1.807) is 52.1 Å². The Morgan fingerprint density at radius 1 is 0.963 bits per heavy atom. The Balaban J connectivity index is 1.70. The predicted molar refractivity (Wildman–Crippen MR) is 103 cm³/mol. The van der Waals surface area contributed by atoms with Crippen LogP contribution in [0.5, 0.6) is 5.75 Å². The highest BCUT2D eigenvalue weighted by molar-refractivity contribution is 6.42. The SMILES string of the molecule is Oc1cccc(-c2nc3c4cnn(-c5ccc(Cl)c(Cl)c5)c4ncn3n2)c1. The summed E-state index contributed by atoms with van der Waals surface area (Å²) in [5.74, 6) is 0.643. The highest BCUT2D eigenvalue weighted by Crippen LogP contribution is 2.27. The Morgan fingerprint density at radius 3 is 2.67 bits per heavy atom. The number of hydrogen-bond donors (Lipinski definition) is 1. The van der Waals surface area contributed by atoms with E-state index in [9.17, 15) is 5.11 Å². The maximum absolute atomic E-state index is 9.68. The number of rotatable bonds is 2. The number of phenols is 1. The van der Waals surface area contributed by atoms with E-state index in [1.165, 1.54) is 0 Å². The third-order valence-electron chi connectivity index (χ3n) is 4.16. The molecule has 0 bridgehead atoms. The standard InChI is InChI=1S/C18H10Cl2N6O/c19-14-5-4-11(7-15(14)20)26-17-13(8-22-26)18-23-16(24-25(18)9-21-17)10-2-1-3-12(27)6-10/h1-9,27H. The van der Waals surface area contributed by atoms with E-state index in [2.05, 4.69) is 20.2 Å². The van der Waals surface area contributed by atoms with Gasteiger partial charge in [0, 0.05) is 5.56 Å². The summed E-state index contributed by atoms with van der Waals surface area (Å²) >= 11 is 12.1. The lowest BCUT2D eigenvalue weighted by Gasteiger charge is -2.04. The Morgan fingerprint density at radius 2 is 1.85 bits per heavy atom. The molecular weight excluding hydrogens is 387 g/mol. The van der Waals surface area contributed by atoms with Crippen LogP contribution in [0.25, 0.3) is 33.8 Å². The topological polar surface area (TPSA) is 81.1 Å². The van der Waals surface area contributed by atoms with Crippen LogP contribution in [0.4, 0.5) is 0 Å². The second-order valence-electron chi connectivity index (χ2n) is 5.89. The van der Waals surface area contributed by atoms with Crippen LogP contribution < -0.4 is 0 Å².